The summed E-state index contributed by atoms with van der Waals surface area (Å²) in [4.78, 5) is 10.2. The molecule has 0 bridgehead atoms. The van der Waals surface area contributed by atoms with Gasteiger partial charge in [0, 0.05) is 11.1 Å². The van der Waals surface area contributed by atoms with Crippen LogP contribution in [-0.2, 0) is 4.79 Å². The molecule has 0 heterocycles. The zero-order valence-corrected chi connectivity index (χ0v) is 6.69. The lowest BCUT2D eigenvalue weighted by atomic mass is 10.1. The van der Waals surface area contributed by atoms with Crippen molar-refractivity contribution in [3.63, 3.8) is 0 Å². The highest BCUT2D eigenvalue weighted by Gasteiger charge is 2.20. The van der Waals surface area contributed by atoms with Crippen molar-refractivity contribution in [1.29, 1.82) is 0 Å². The molecule has 0 amide bonds. The van der Waals surface area contributed by atoms with E-state index in [1.54, 1.807) is 6.92 Å². The van der Waals surface area contributed by atoms with Crippen LogP contribution in [0.3, 0.4) is 0 Å². The summed E-state index contributed by atoms with van der Waals surface area (Å²) in [6.45, 7) is 1.71. The third kappa shape index (κ3) is 2.96. The first-order valence-corrected chi connectivity index (χ1v) is 3.61. The SMILES string of the molecule is CC(S)C(CCl)C(=O)O. The Kier molecular flexibility index (Phi) is 4.06. The topological polar surface area (TPSA) is 37.3 Å². The zero-order chi connectivity index (χ0) is 7.44. The first kappa shape index (κ1) is 9.11. The lowest BCUT2D eigenvalue weighted by Crippen LogP contribution is -2.23. The van der Waals surface area contributed by atoms with Crippen molar-refractivity contribution < 1.29 is 9.90 Å². The number of aliphatic carboxylic acids is 1. The van der Waals surface area contributed by atoms with Crippen molar-refractivity contribution in [2.24, 2.45) is 5.92 Å². The Morgan fingerprint density at radius 1 is 1.89 bits per heavy atom. The number of hydrogen-bond donors (Lipinski definition) is 2. The van der Waals surface area contributed by atoms with Gasteiger partial charge in [-0.25, -0.2) is 0 Å². The molecule has 4 heteroatoms. The van der Waals surface area contributed by atoms with Gasteiger partial charge in [0.2, 0.25) is 0 Å². The minimum absolute atomic E-state index is 0.125. The average Bonchev–Trinajstić information content (AvgIpc) is 1.64. The van der Waals surface area contributed by atoms with E-state index >= 15 is 0 Å². The van der Waals surface area contributed by atoms with Crippen LogP contribution in [0.4, 0.5) is 0 Å². The molecule has 0 aromatic heterocycles. The van der Waals surface area contributed by atoms with E-state index in [4.69, 9.17) is 16.7 Å². The second-order valence-corrected chi connectivity index (χ2v) is 2.96. The summed E-state index contributed by atoms with van der Waals surface area (Å²) in [7, 11) is 0. The van der Waals surface area contributed by atoms with Gasteiger partial charge in [0.15, 0.2) is 0 Å². The fourth-order valence-electron chi connectivity index (χ4n) is 0.401. The minimum Gasteiger partial charge on any atom is -0.481 e. The molecule has 0 aromatic rings. The molecular weight excluding hydrogens is 160 g/mol. The average molecular weight is 169 g/mol. The highest BCUT2D eigenvalue weighted by atomic mass is 35.5. The van der Waals surface area contributed by atoms with Crippen LogP contribution in [0.1, 0.15) is 6.92 Å². The highest BCUT2D eigenvalue weighted by molar-refractivity contribution is 7.81. The molecule has 0 spiro atoms. The summed E-state index contributed by atoms with van der Waals surface area (Å²) in [6, 6.07) is 0. The van der Waals surface area contributed by atoms with Crippen LogP contribution in [0, 0.1) is 5.92 Å². The molecule has 2 unspecified atom stereocenters. The molecule has 2 nitrogen and oxygen atoms in total. The monoisotopic (exact) mass is 168 g/mol. The Labute approximate surface area is 64.6 Å². The summed E-state index contributed by atoms with van der Waals surface area (Å²) >= 11 is 9.28. The number of rotatable bonds is 3. The van der Waals surface area contributed by atoms with E-state index in [0.717, 1.165) is 0 Å². The maximum absolute atomic E-state index is 10.2. The van der Waals surface area contributed by atoms with Crippen molar-refractivity contribution in [1.82, 2.24) is 0 Å². The van der Waals surface area contributed by atoms with Crippen molar-refractivity contribution in [3.8, 4) is 0 Å². The van der Waals surface area contributed by atoms with E-state index in [1.807, 2.05) is 0 Å². The van der Waals surface area contributed by atoms with Gasteiger partial charge in [0.05, 0.1) is 5.92 Å². The fraction of sp³-hybridized carbons (Fsp3) is 0.800. The zero-order valence-electron chi connectivity index (χ0n) is 5.04. The van der Waals surface area contributed by atoms with Gasteiger partial charge >= 0.3 is 5.97 Å². The number of carboxylic acids is 1. The second-order valence-electron chi connectivity index (χ2n) is 1.84. The normalized spacial score (nSPS) is 16.8. The first-order valence-electron chi connectivity index (χ1n) is 2.56. The maximum Gasteiger partial charge on any atom is 0.308 e. The van der Waals surface area contributed by atoms with Gasteiger partial charge in [0.25, 0.3) is 0 Å². The molecule has 0 aromatic carbocycles. The fourth-order valence-corrected chi connectivity index (χ4v) is 1.16. The largest absolute Gasteiger partial charge is 0.481 e. The van der Waals surface area contributed by atoms with Gasteiger partial charge in [-0.2, -0.15) is 12.6 Å². The molecule has 1 N–H and O–H groups in total. The molecule has 0 aliphatic rings. The van der Waals surface area contributed by atoms with E-state index < -0.39 is 11.9 Å². The molecular formula is C5H9ClO2S. The van der Waals surface area contributed by atoms with Gasteiger partial charge < -0.3 is 5.11 Å². The summed E-state index contributed by atoms with van der Waals surface area (Å²) < 4.78 is 0. The summed E-state index contributed by atoms with van der Waals surface area (Å²) in [5.41, 5.74) is 0. The molecule has 9 heavy (non-hydrogen) atoms. The second kappa shape index (κ2) is 4.01. The van der Waals surface area contributed by atoms with Gasteiger partial charge in [0.1, 0.15) is 0 Å². The van der Waals surface area contributed by atoms with Gasteiger partial charge in [-0.15, -0.1) is 11.6 Å². The molecule has 0 saturated heterocycles. The number of carbonyl (C=O) groups is 1. The van der Waals surface area contributed by atoms with E-state index in [9.17, 15) is 4.79 Å². The Bertz CT molecular complexity index is 105. The standard InChI is InChI=1S/C5H9ClO2S/c1-3(9)4(2-6)5(7)8/h3-4,9H,2H2,1H3,(H,7,8). The Morgan fingerprint density at radius 3 is 2.33 bits per heavy atom. The number of alkyl halides is 1. The number of halogens is 1. The van der Waals surface area contributed by atoms with Crippen LogP contribution in [-0.4, -0.2) is 22.2 Å². The molecule has 0 fully saturated rings. The Morgan fingerprint density at radius 2 is 2.33 bits per heavy atom. The molecule has 0 saturated carbocycles. The third-order valence-electron chi connectivity index (χ3n) is 1.07. The summed E-state index contributed by atoms with van der Waals surface area (Å²) in [5, 5.41) is 8.23. The molecule has 54 valence electrons. The van der Waals surface area contributed by atoms with E-state index in [-0.39, 0.29) is 11.1 Å². The van der Waals surface area contributed by atoms with Crippen LogP contribution < -0.4 is 0 Å². The van der Waals surface area contributed by atoms with Crippen LogP contribution in [0.5, 0.6) is 0 Å². The number of thiol groups is 1. The predicted molar refractivity (Wildman–Crippen MR) is 40.3 cm³/mol. The lowest BCUT2D eigenvalue weighted by molar-refractivity contribution is -0.140. The van der Waals surface area contributed by atoms with Crippen molar-refractivity contribution >= 4 is 30.2 Å². The summed E-state index contributed by atoms with van der Waals surface area (Å²) in [6.07, 6.45) is 0. The van der Waals surface area contributed by atoms with Crippen LogP contribution in [0.25, 0.3) is 0 Å². The third-order valence-corrected chi connectivity index (χ3v) is 1.76. The van der Waals surface area contributed by atoms with Gasteiger partial charge in [-0.1, -0.05) is 6.92 Å². The summed E-state index contributed by atoms with van der Waals surface area (Å²) in [5.74, 6) is -1.29. The first-order chi connectivity index (χ1) is 4.09. The highest BCUT2D eigenvalue weighted by Crippen LogP contribution is 2.11. The number of carboxylic acid groups (broad SMARTS) is 1. The van der Waals surface area contributed by atoms with E-state index in [2.05, 4.69) is 12.6 Å². The van der Waals surface area contributed by atoms with Crippen LogP contribution >= 0.6 is 24.2 Å². The van der Waals surface area contributed by atoms with Crippen LogP contribution in [0.15, 0.2) is 0 Å². The smallest absolute Gasteiger partial charge is 0.308 e. The van der Waals surface area contributed by atoms with Crippen LogP contribution in [0.2, 0.25) is 0 Å². The van der Waals surface area contributed by atoms with E-state index in [1.165, 1.54) is 0 Å². The molecule has 2 atom stereocenters. The predicted octanol–water partition coefficient (Wildman–Crippen LogP) is 1.24. The molecule has 0 radical (unpaired) electrons. The van der Waals surface area contributed by atoms with Crippen molar-refractivity contribution in [2.45, 2.75) is 12.2 Å². The van der Waals surface area contributed by atoms with Gasteiger partial charge in [-0.05, 0) is 0 Å². The molecule has 0 rings (SSSR count). The van der Waals surface area contributed by atoms with Gasteiger partial charge in [-0.3, -0.25) is 4.79 Å². The lowest BCUT2D eigenvalue weighted by Gasteiger charge is -2.10. The Balaban J connectivity index is 3.83. The number of hydrogen-bond acceptors (Lipinski definition) is 2. The maximum atomic E-state index is 10.2. The Hall–Kier alpha value is 0.110. The van der Waals surface area contributed by atoms with E-state index in [0.29, 0.717) is 0 Å². The quantitative estimate of drug-likeness (QED) is 0.492. The van der Waals surface area contributed by atoms with Crippen molar-refractivity contribution in [3.05, 3.63) is 0 Å². The molecule has 0 aliphatic heterocycles. The minimum atomic E-state index is -0.882. The molecule has 0 aliphatic carbocycles. The van der Waals surface area contributed by atoms with Crippen molar-refractivity contribution in [2.75, 3.05) is 5.88 Å².